The summed E-state index contributed by atoms with van der Waals surface area (Å²) in [5.74, 6) is 0.689. The minimum atomic E-state index is 0.243. The highest BCUT2D eigenvalue weighted by atomic mass is 16.5. The van der Waals surface area contributed by atoms with Gasteiger partial charge < -0.3 is 10.1 Å². The van der Waals surface area contributed by atoms with Crippen molar-refractivity contribution in [3.63, 3.8) is 0 Å². The third kappa shape index (κ3) is 2.35. The maximum atomic E-state index is 5.97. The molecule has 1 heterocycles. The summed E-state index contributed by atoms with van der Waals surface area (Å²) in [5, 5.41) is 3.76. The van der Waals surface area contributed by atoms with Crippen molar-refractivity contribution in [3.05, 3.63) is 29.8 Å². The van der Waals surface area contributed by atoms with Gasteiger partial charge in [0.25, 0.3) is 0 Å². The van der Waals surface area contributed by atoms with E-state index in [0.717, 1.165) is 6.61 Å². The van der Waals surface area contributed by atoms with E-state index < -0.39 is 0 Å². The van der Waals surface area contributed by atoms with Crippen LogP contribution in [0.25, 0.3) is 0 Å². The number of hydrogen-bond acceptors (Lipinski definition) is 2. The maximum absolute atomic E-state index is 5.97. The number of hydrogen-bond donors (Lipinski definition) is 1. The lowest BCUT2D eigenvalue weighted by atomic mass is 9.55. The van der Waals surface area contributed by atoms with Crippen molar-refractivity contribution in [1.29, 1.82) is 0 Å². The van der Waals surface area contributed by atoms with Crippen LogP contribution in [0, 0.1) is 11.3 Å². The fourth-order valence-electron chi connectivity index (χ4n) is 4.05. The summed E-state index contributed by atoms with van der Waals surface area (Å²) in [4.78, 5) is 0. The number of anilines is 1. The number of rotatable bonds is 4. The molecule has 110 valence electrons. The summed E-state index contributed by atoms with van der Waals surface area (Å²) in [6.45, 7) is 7.85. The van der Waals surface area contributed by atoms with Gasteiger partial charge in [-0.2, -0.15) is 0 Å². The summed E-state index contributed by atoms with van der Waals surface area (Å²) >= 11 is 0. The Morgan fingerprint density at radius 1 is 1.25 bits per heavy atom. The highest BCUT2D eigenvalue weighted by Gasteiger charge is 2.57. The van der Waals surface area contributed by atoms with Crippen LogP contribution in [0.3, 0.4) is 0 Å². The third-order valence-corrected chi connectivity index (χ3v) is 5.15. The second-order valence-corrected chi connectivity index (χ2v) is 6.99. The highest BCUT2D eigenvalue weighted by Crippen LogP contribution is 2.52. The fraction of sp³-hybridized carbons (Fsp3) is 0.667. The van der Waals surface area contributed by atoms with E-state index in [-0.39, 0.29) is 5.41 Å². The van der Waals surface area contributed by atoms with Crippen molar-refractivity contribution in [2.75, 3.05) is 11.9 Å². The fourth-order valence-corrected chi connectivity index (χ4v) is 4.05. The molecule has 0 spiro atoms. The molecule has 3 unspecified atom stereocenters. The molecule has 1 N–H and O–H groups in total. The zero-order valence-corrected chi connectivity index (χ0v) is 13.0. The Hall–Kier alpha value is -1.02. The van der Waals surface area contributed by atoms with Gasteiger partial charge in [-0.25, -0.2) is 0 Å². The second kappa shape index (κ2) is 5.40. The minimum Gasteiger partial charge on any atom is -0.381 e. The molecule has 0 amide bonds. The van der Waals surface area contributed by atoms with Gasteiger partial charge in [0.05, 0.1) is 6.10 Å². The lowest BCUT2D eigenvalue weighted by molar-refractivity contribution is -0.177. The van der Waals surface area contributed by atoms with E-state index in [0.29, 0.717) is 18.1 Å². The van der Waals surface area contributed by atoms with Gasteiger partial charge in [-0.1, -0.05) is 39.3 Å². The maximum Gasteiger partial charge on any atom is 0.0693 e. The first-order valence-electron chi connectivity index (χ1n) is 8.10. The van der Waals surface area contributed by atoms with Gasteiger partial charge in [-0.3, -0.25) is 0 Å². The zero-order chi connectivity index (χ0) is 14.2. The van der Waals surface area contributed by atoms with E-state index in [1.54, 1.807) is 0 Å². The Morgan fingerprint density at radius 3 is 2.70 bits per heavy atom. The molecule has 0 bridgehead atoms. The van der Waals surface area contributed by atoms with E-state index in [1.807, 2.05) is 0 Å². The lowest BCUT2D eigenvalue weighted by Gasteiger charge is -2.60. The summed E-state index contributed by atoms with van der Waals surface area (Å²) < 4.78 is 5.97. The summed E-state index contributed by atoms with van der Waals surface area (Å²) in [6.07, 6.45) is 5.36. The van der Waals surface area contributed by atoms with Gasteiger partial charge in [-0.05, 0) is 37.0 Å². The smallest absolute Gasteiger partial charge is 0.0693 e. The number of nitrogens with one attached hydrogen (secondary N) is 1. The molecule has 2 heteroatoms. The third-order valence-electron chi connectivity index (χ3n) is 5.15. The molecule has 1 aromatic rings. The molecule has 2 aliphatic rings. The lowest BCUT2D eigenvalue weighted by Crippen LogP contribution is -2.67. The van der Waals surface area contributed by atoms with E-state index in [1.165, 1.54) is 36.9 Å². The second-order valence-electron chi connectivity index (χ2n) is 6.99. The van der Waals surface area contributed by atoms with E-state index >= 15 is 0 Å². The topological polar surface area (TPSA) is 21.3 Å². The van der Waals surface area contributed by atoms with Crippen LogP contribution in [-0.4, -0.2) is 18.8 Å². The Balaban J connectivity index is 1.67. The van der Waals surface area contributed by atoms with E-state index in [2.05, 4.69) is 50.4 Å². The molecule has 1 saturated carbocycles. The molecule has 1 saturated heterocycles. The number of aryl methyl sites for hydroxylation is 1. The molecule has 3 atom stereocenters. The quantitative estimate of drug-likeness (QED) is 0.885. The standard InChI is InChI=1S/C18H27NO/c1-4-6-13-8-10-14(11-9-13)19-16-15-7-5-12-20-17(15)18(16,2)3/h8-11,15-17,19H,4-7,12H2,1-3H3. The van der Waals surface area contributed by atoms with Crippen molar-refractivity contribution < 1.29 is 4.74 Å². The van der Waals surface area contributed by atoms with Gasteiger partial charge in [0.1, 0.15) is 0 Å². The Bertz CT molecular complexity index is 451. The normalized spacial score (nSPS) is 31.2. The van der Waals surface area contributed by atoms with Crippen LogP contribution in [0.4, 0.5) is 5.69 Å². The molecule has 1 aliphatic heterocycles. The van der Waals surface area contributed by atoms with Crippen molar-refractivity contribution in [2.24, 2.45) is 11.3 Å². The van der Waals surface area contributed by atoms with Gasteiger partial charge in [0.2, 0.25) is 0 Å². The van der Waals surface area contributed by atoms with Crippen LogP contribution >= 0.6 is 0 Å². The zero-order valence-electron chi connectivity index (χ0n) is 13.0. The summed E-state index contributed by atoms with van der Waals surface area (Å²) in [5.41, 5.74) is 2.93. The van der Waals surface area contributed by atoms with Gasteiger partial charge in [0, 0.05) is 29.7 Å². The first-order chi connectivity index (χ1) is 9.63. The molecule has 1 aliphatic carbocycles. The number of fused-ring (bicyclic) bond motifs is 1. The molecule has 20 heavy (non-hydrogen) atoms. The summed E-state index contributed by atoms with van der Waals surface area (Å²) in [6, 6.07) is 9.53. The monoisotopic (exact) mass is 273 g/mol. The average molecular weight is 273 g/mol. The predicted molar refractivity (Wildman–Crippen MR) is 84.1 cm³/mol. The molecule has 2 nitrogen and oxygen atoms in total. The van der Waals surface area contributed by atoms with Crippen LogP contribution in [0.15, 0.2) is 24.3 Å². The summed E-state index contributed by atoms with van der Waals surface area (Å²) in [7, 11) is 0. The van der Waals surface area contributed by atoms with Crippen LogP contribution < -0.4 is 5.32 Å². The first kappa shape index (κ1) is 13.9. The van der Waals surface area contributed by atoms with Crippen molar-refractivity contribution >= 4 is 5.69 Å². The van der Waals surface area contributed by atoms with Gasteiger partial charge in [0.15, 0.2) is 0 Å². The van der Waals surface area contributed by atoms with Gasteiger partial charge in [-0.15, -0.1) is 0 Å². The molecule has 3 rings (SSSR count). The molecule has 2 fully saturated rings. The molecule has 0 radical (unpaired) electrons. The van der Waals surface area contributed by atoms with E-state index in [9.17, 15) is 0 Å². The molecule has 0 aromatic heterocycles. The highest BCUT2D eigenvalue weighted by molar-refractivity contribution is 5.47. The molecule has 1 aromatic carbocycles. The molecular weight excluding hydrogens is 246 g/mol. The minimum absolute atomic E-state index is 0.243. The Morgan fingerprint density at radius 2 is 2.00 bits per heavy atom. The Kier molecular flexibility index (Phi) is 3.76. The van der Waals surface area contributed by atoms with Crippen molar-refractivity contribution in [3.8, 4) is 0 Å². The Labute approximate surface area is 122 Å². The van der Waals surface area contributed by atoms with Crippen LogP contribution in [0.2, 0.25) is 0 Å². The molecular formula is C18H27NO. The van der Waals surface area contributed by atoms with Gasteiger partial charge >= 0.3 is 0 Å². The van der Waals surface area contributed by atoms with Crippen LogP contribution in [0.5, 0.6) is 0 Å². The number of ether oxygens (including phenoxy) is 1. The first-order valence-corrected chi connectivity index (χ1v) is 8.10. The van der Waals surface area contributed by atoms with Crippen molar-refractivity contribution in [1.82, 2.24) is 0 Å². The predicted octanol–water partition coefficient (Wildman–Crippen LogP) is 4.25. The SMILES string of the molecule is CCCc1ccc(NC2C3CCCOC3C2(C)C)cc1. The largest absolute Gasteiger partial charge is 0.381 e. The van der Waals surface area contributed by atoms with Crippen molar-refractivity contribution in [2.45, 2.75) is 58.6 Å². The van der Waals surface area contributed by atoms with Crippen LogP contribution in [0.1, 0.15) is 45.6 Å². The van der Waals surface area contributed by atoms with E-state index in [4.69, 9.17) is 4.74 Å². The van der Waals surface area contributed by atoms with Crippen LogP contribution in [-0.2, 0) is 11.2 Å². The average Bonchev–Trinajstić information content (AvgIpc) is 2.47. The number of benzene rings is 1.